The first-order valence-electron chi connectivity index (χ1n) is 9.66. The minimum absolute atomic E-state index is 0.638. The zero-order valence-corrected chi connectivity index (χ0v) is 16.7. The first-order chi connectivity index (χ1) is 12.7. The average molecular weight is 391 g/mol. The Morgan fingerprint density at radius 2 is 1.04 bits per heavy atom. The lowest BCUT2D eigenvalue weighted by Gasteiger charge is -2.30. The fourth-order valence-corrected chi connectivity index (χ4v) is 4.19. The van der Waals surface area contributed by atoms with Crippen LogP contribution in [-0.4, -0.2) is 25.2 Å². The van der Waals surface area contributed by atoms with Gasteiger partial charge in [0.25, 0.3) is 0 Å². The molecule has 140 valence electrons. The maximum Gasteiger partial charge on any atom is 0.0438 e. The second kappa shape index (κ2) is 10.3. The summed E-state index contributed by atoms with van der Waals surface area (Å²) in [5.41, 5.74) is 2.47. The SMILES string of the molecule is Clc1ccccc1CCNC1CCC(NCCc2ccccc2Cl)CC1. The van der Waals surface area contributed by atoms with Crippen LogP contribution in [-0.2, 0) is 12.8 Å². The molecular weight excluding hydrogens is 363 g/mol. The van der Waals surface area contributed by atoms with Crippen molar-refractivity contribution in [3.05, 3.63) is 69.7 Å². The van der Waals surface area contributed by atoms with E-state index in [1.807, 2.05) is 24.3 Å². The van der Waals surface area contributed by atoms with Crippen LogP contribution < -0.4 is 10.6 Å². The second-order valence-electron chi connectivity index (χ2n) is 7.14. The molecule has 2 aromatic carbocycles. The smallest absolute Gasteiger partial charge is 0.0438 e. The van der Waals surface area contributed by atoms with Gasteiger partial charge in [-0.15, -0.1) is 0 Å². The van der Waals surface area contributed by atoms with Crippen LogP contribution in [0.15, 0.2) is 48.5 Å². The molecular formula is C22H28Cl2N2. The van der Waals surface area contributed by atoms with Crippen molar-refractivity contribution in [2.24, 2.45) is 0 Å². The minimum Gasteiger partial charge on any atom is -0.314 e. The molecule has 2 aromatic rings. The molecule has 4 heteroatoms. The molecule has 1 fully saturated rings. The van der Waals surface area contributed by atoms with E-state index in [2.05, 4.69) is 34.9 Å². The summed E-state index contributed by atoms with van der Waals surface area (Å²) in [4.78, 5) is 0. The van der Waals surface area contributed by atoms with Crippen LogP contribution in [0.1, 0.15) is 36.8 Å². The molecule has 0 amide bonds. The molecule has 1 aliphatic rings. The number of nitrogens with one attached hydrogen (secondary N) is 2. The van der Waals surface area contributed by atoms with E-state index < -0.39 is 0 Å². The van der Waals surface area contributed by atoms with Crippen molar-refractivity contribution in [2.75, 3.05) is 13.1 Å². The van der Waals surface area contributed by atoms with Crippen LogP contribution in [0, 0.1) is 0 Å². The third kappa shape index (κ3) is 5.99. The topological polar surface area (TPSA) is 24.1 Å². The standard InChI is InChI=1S/C22H28Cl2N2/c23-21-7-3-1-5-17(21)13-15-25-19-9-11-20(12-10-19)26-16-14-18-6-2-4-8-22(18)24/h1-8,19-20,25-26H,9-16H2. The van der Waals surface area contributed by atoms with Gasteiger partial charge in [-0.2, -0.15) is 0 Å². The second-order valence-corrected chi connectivity index (χ2v) is 7.95. The summed E-state index contributed by atoms with van der Waals surface area (Å²) in [6, 6.07) is 17.5. The van der Waals surface area contributed by atoms with Gasteiger partial charge in [-0.05, 0) is 74.9 Å². The van der Waals surface area contributed by atoms with E-state index in [0.29, 0.717) is 12.1 Å². The zero-order valence-electron chi connectivity index (χ0n) is 15.2. The van der Waals surface area contributed by atoms with Crippen molar-refractivity contribution in [1.82, 2.24) is 10.6 Å². The summed E-state index contributed by atoms with van der Waals surface area (Å²) in [6.07, 6.45) is 6.96. The zero-order chi connectivity index (χ0) is 18.2. The molecule has 0 atom stereocenters. The molecule has 0 saturated heterocycles. The molecule has 26 heavy (non-hydrogen) atoms. The van der Waals surface area contributed by atoms with Crippen molar-refractivity contribution in [1.29, 1.82) is 0 Å². The van der Waals surface area contributed by atoms with E-state index in [0.717, 1.165) is 36.0 Å². The Labute approximate surface area is 167 Å². The van der Waals surface area contributed by atoms with Crippen LogP contribution in [0.5, 0.6) is 0 Å². The van der Waals surface area contributed by atoms with Crippen LogP contribution in [0.25, 0.3) is 0 Å². The van der Waals surface area contributed by atoms with Gasteiger partial charge in [0, 0.05) is 22.1 Å². The van der Waals surface area contributed by atoms with E-state index in [9.17, 15) is 0 Å². The molecule has 1 saturated carbocycles. The van der Waals surface area contributed by atoms with Gasteiger partial charge in [-0.25, -0.2) is 0 Å². The lowest BCUT2D eigenvalue weighted by Crippen LogP contribution is -2.41. The summed E-state index contributed by atoms with van der Waals surface area (Å²) in [6.45, 7) is 2.00. The maximum absolute atomic E-state index is 6.22. The Morgan fingerprint density at radius 1 is 0.654 bits per heavy atom. The Hall–Kier alpha value is -1.06. The number of benzene rings is 2. The highest BCUT2D eigenvalue weighted by atomic mass is 35.5. The molecule has 2 N–H and O–H groups in total. The van der Waals surface area contributed by atoms with Crippen molar-refractivity contribution < 1.29 is 0 Å². The van der Waals surface area contributed by atoms with E-state index in [1.165, 1.54) is 36.8 Å². The van der Waals surface area contributed by atoms with Gasteiger partial charge < -0.3 is 10.6 Å². The van der Waals surface area contributed by atoms with Gasteiger partial charge in [0.1, 0.15) is 0 Å². The normalized spacial score (nSPS) is 20.2. The number of hydrogen-bond donors (Lipinski definition) is 2. The molecule has 0 bridgehead atoms. The van der Waals surface area contributed by atoms with Crippen molar-refractivity contribution in [3.63, 3.8) is 0 Å². The Balaban J connectivity index is 1.30. The molecule has 0 heterocycles. The third-order valence-electron chi connectivity index (χ3n) is 5.30. The van der Waals surface area contributed by atoms with Gasteiger partial charge in [0.05, 0.1) is 0 Å². The van der Waals surface area contributed by atoms with Crippen LogP contribution in [0.3, 0.4) is 0 Å². The molecule has 0 unspecified atom stereocenters. The lowest BCUT2D eigenvalue weighted by atomic mass is 9.91. The first-order valence-corrected chi connectivity index (χ1v) is 10.4. The highest BCUT2D eigenvalue weighted by molar-refractivity contribution is 6.31. The fraction of sp³-hybridized carbons (Fsp3) is 0.455. The number of rotatable bonds is 8. The first kappa shape index (κ1) is 19.7. The van der Waals surface area contributed by atoms with Crippen LogP contribution in [0.4, 0.5) is 0 Å². The summed E-state index contributed by atoms with van der Waals surface area (Å²) in [5, 5.41) is 9.16. The predicted molar refractivity (Wildman–Crippen MR) is 112 cm³/mol. The summed E-state index contributed by atoms with van der Waals surface area (Å²) >= 11 is 12.4. The van der Waals surface area contributed by atoms with Crippen LogP contribution in [0.2, 0.25) is 10.0 Å². The van der Waals surface area contributed by atoms with Crippen molar-refractivity contribution >= 4 is 23.2 Å². The quantitative estimate of drug-likeness (QED) is 0.641. The van der Waals surface area contributed by atoms with Crippen LogP contribution >= 0.6 is 23.2 Å². The van der Waals surface area contributed by atoms with Gasteiger partial charge in [0.15, 0.2) is 0 Å². The summed E-state index contributed by atoms with van der Waals surface area (Å²) < 4.78 is 0. The predicted octanol–water partition coefficient (Wildman–Crippen LogP) is 5.27. The monoisotopic (exact) mass is 390 g/mol. The number of halogens is 2. The Bertz CT molecular complexity index is 622. The molecule has 0 aliphatic heterocycles. The average Bonchev–Trinajstić information content (AvgIpc) is 2.66. The highest BCUT2D eigenvalue weighted by Gasteiger charge is 2.20. The van der Waals surface area contributed by atoms with Crippen molar-refractivity contribution in [2.45, 2.75) is 50.6 Å². The largest absolute Gasteiger partial charge is 0.314 e. The summed E-state index contributed by atoms with van der Waals surface area (Å²) in [7, 11) is 0. The Morgan fingerprint density at radius 3 is 1.42 bits per heavy atom. The molecule has 2 nitrogen and oxygen atoms in total. The van der Waals surface area contributed by atoms with Crippen molar-refractivity contribution in [3.8, 4) is 0 Å². The van der Waals surface area contributed by atoms with Gasteiger partial charge in [0.2, 0.25) is 0 Å². The van der Waals surface area contributed by atoms with E-state index in [1.54, 1.807) is 0 Å². The maximum atomic E-state index is 6.22. The minimum atomic E-state index is 0.638. The third-order valence-corrected chi connectivity index (χ3v) is 6.04. The van der Waals surface area contributed by atoms with Gasteiger partial charge >= 0.3 is 0 Å². The van der Waals surface area contributed by atoms with Gasteiger partial charge in [-0.3, -0.25) is 0 Å². The molecule has 0 radical (unpaired) electrons. The molecule has 3 rings (SSSR count). The molecule has 0 spiro atoms. The van der Waals surface area contributed by atoms with E-state index >= 15 is 0 Å². The molecule has 0 aromatic heterocycles. The Kier molecular flexibility index (Phi) is 7.82. The lowest BCUT2D eigenvalue weighted by molar-refractivity contribution is 0.310. The fourth-order valence-electron chi connectivity index (χ4n) is 3.73. The van der Waals surface area contributed by atoms with Gasteiger partial charge in [-0.1, -0.05) is 59.6 Å². The van der Waals surface area contributed by atoms with E-state index in [-0.39, 0.29) is 0 Å². The summed E-state index contributed by atoms with van der Waals surface area (Å²) in [5.74, 6) is 0. The van der Waals surface area contributed by atoms with E-state index in [4.69, 9.17) is 23.2 Å². The molecule has 1 aliphatic carbocycles. The highest BCUT2D eigenvalue weighted by Crippen LogP contribution is 2.20. The number of hydrogen-bond acceptors (Lipinski definition) is 2.